The zero-order valence-corrected chi connectivity index (χ0v) is 10.4. The van der Waals surface area contributed by atoms with Gasteiger partial charge in [-0.25, -0.2) is 0 Å². The van der Waals surface area contributed by atoms with Gasteiger partial charge in [-0.2, -0.15) is 0 Å². The van der Waals surface area contributed by atoms with Crippen LogP contribution in [0.4, 0.5) is 5.69 Å². The molecule has 1 fully saturated rings. The number of hydrogen-bond donors (Lipinski definition) is 2. The van der Waals surface area contributed by atoms with Crippen molar-refractivity contribution in [2.45, 2.75) is 37.8 Å². The summed E-state index contributed by atoms with van der Waals surface area (Å²) in [7, 11) is 0. The van der Waals surface area contributed by atoms with Gasteiger partial charge < -0.3 is 11.1 Å². The predicted octanol–water partition coefficient (Wildman–Crippen LogP) is 3.48. The molecule has 0 bridgehead atoms. The molecule has 1 aliphatic rings. The molecule has 1 aliphatic carbocycles. The Morgan fingerprint density at radius 1 is 1.20 bits per heavy atom. The van der Waals surface area contributed by atoms with Crippen molar-refractivity contribution < 1.29 is 0 Å². The second-order valence-corrected chi connectivity index (χ2v) is 5.27. The van der Waals surface area contributed by atoms with Crippen molar-refractivity contribution in [3.63, 3.8) is 0 Å². The van der Waals surface area contributed by atoms with Gasteiger partial charge >= 0.3 is 0 Å². The Kier molecular flexibility index (Phi) is 3.32. The monoisotopic (exact) mass is 268 g/mol. The fraction of sp³-hybridized carbons (Fsp3) is 0.500. The molecule has 2 nitrogen and oxygen atoms in total. The van der Waals surface area contributed by atoms with Crippen molar-refractivity contribution in [3.8, 4) is 0 Å². The van der Waals surface area contributed by atoms with E-state index in [9.17, 15) is 0 Å². The number of rotatable bonds is 2. The van der Waals surface area contributed by atoms with Crippen molar-refractivity contribution in [2.24, 2.45) is 5.73 Å². The first-order valence-electron chi connectivity index (χ1n) is 5.51. The molecule has 1 saturated carbocycles. The summed E-state index contributed by atoms with van der Waals surface area (Å²) in [5.41, 5.74) is 7.22. The van der Waals surface area contributed by atoms with Crippen LogP contribution in [0.25, 0.3) is 0 Å². The molecule has 15 heavy (non-hydrogen) atoms. The van der Waals surface area contributed by atoms with Crippen LogP contribution in [0.3, 0.4) is 0 Å². The highest BCUT2D eigenvalue weighted by Crippen LogP contribution is 2.28. The number of benzene rings is 1. The molecule has 0 amide bonds. The van der Waals surface area contributed by atoms with Gasteiger partial charge in [-0.1, -0.05) is 28.4 Å². The molecule has 0 atom stereocenters. The zero-order chi connectivity index (χ0) is 10.7. The lowest BCUT2D eigenvalue weighted by Gasteiger charge is -2.35. The molecular formula is C12H17BrN2. The molecule has 0 unspecified atom stereocenters. The Balaban J connectivity index is 2.06. The van der Waals surface area contributed by atoms with Crippen molar-refractivity contribution in [1.82, 2.24) is 0 Å². The summed E-state index contributed by atoms with van der Waals surface area (Å²) in [6.07, 6.45) is 5.92. The van der Waals surface area contributed by atoms with Gasteiger partial charge in [-0.3, -0.25) is 0 Å². The first-order valence-corrected chi connectivity index (χ1v) is 6.30. The maximum atomic E-state index is 6.31. The third-order valence-corrected chi connectivity index (χ3v) is 3.46. The molecule has 0 aromatic heterocycles. The van der Waals surface area contributed by atoms with Gasteiger partial charge in [-0.15, -0.1) is 0 Å². The maximum absolute atomic E-state index is 6.31. The van der Waals surface area contributed by atoms with Crippen LogP contribution in [0.5, 0.6) is 0 Å². The molecule has 2 rings (SSSR count). The quantitative estimate of drug-likeness (QED) is 0.807. The van der Waals surface area contributed by atoms with Crippen LogP contribution in [-0.2, 0) is 0 Å². The van der Waals surface area contributed by atoms with E-state index in [0.29, 0.717) is 0 Å². The minimum atomic E-state index is -0.195. The maximum Gasteiger partial charge on any atom is 0.0856 e. The number of nitrogens with two attached hydrogens (primary N) is 1. The Hall–Kier alpha value is -0.540. The van der Waals surface area contributed by atoms with E-state index in [4.69, 9.17) is 5.73 Å². The molecule has 3 N–H and O–H groups in total. The van der Waals surface area contributed by atoms with E-state index in [2.05, 4.69) is 33.4 Å². The van der Waals surface area contributed by atoms with Gasteiger partial charge in [0.05, 0.1) is 5.66 Å². The fourth-order valence-electron chi connectivity index (χ4n) is 2.16. The zero-order valence-electron chi connectivity index (χ0n) is 8.80. The topological polar surface area (TPSA) is 38.0 Å². The smallest absolute Gasteiger partial charge is 0.0856 e. The van der Waals surface area contributed by atoms with Gasteiger partial charge in [0, 0.05) is 10.2 Å². The second kappa shape index (κ2) is 4.54. The van der Waals surface area contributed by atoms with Gasteiger partial charge in [0.15, 0.2) is 0 Å². The van der Waals surface area contributed by atoms with E-state index in [1.54, 1.807) is 0 Å². The summed E-state index contributed by atoms with van der Waals surface area (Å²) >= 11 is 3.46. The van der Waals surface area contributed by atoms with Crippen molar-refractivity contribution in [3.05, 3.63) is 28.7 Å². The summed E-state index contributed by atoms with van der Waals surface area (Å²) in [5, 5.41) is 3.45. The third kappa shape index (κ3) is 2.95. The molecule has 0 spiro atoms. The molecule has 1 aromatic carbocycles. The Labute approximate surface area is 99.4 Å². The Morgan fingerprint density at radius 3 is 2.60 bits per heavy atom. The molecule has 3 heteroatoms. The van der Waals surface area contributed by atoms with Crippen LogP contribution in [0.1, 0.15) is 32.1 Å². The molecular weight excluding hydrogens is 252 g/mol. The summed E-state index contributed by atoms with van der Waals surface area (Å²) in [4.78, 5) is 0. The summed E-state index contributed by atoms with van der Waals surface area (Å²) in [6, 6.07) is 8.19. The first kappa shape index (κ1) is 11.0. The van der Waals surface area contributed by atoms with Crippen molar-refractivity contribution in [1.29, 1.82) is 0 Å². The van der Waals surface area contributed by atoms with E-state index in [1.165, 1.54) is 19.3 Å². The lowest BCUT2D eigenvalue weighted by Crippen LogP contribution is -2.49. The second-order valence-electron chi connectivity index (χ2n) is 4.35. The first-order chi connectivity index (χ1) is 7.18. The minimum absolute atomic E-state index is 0.195. The lowest BCUT2D eigenvalue weighted by atomic mass is 9.89. The fourth-order valence-corrected chi connectivity index (χ4v) is 2.56. The van der Waals surface area contributed by atoms with E-state index in [1.807, 2.05) is 12.1 Å². The molecule has 82 valence electrons. The lowest BCUT2D eigenvalue weighted by molar-refractivity contribution is 0.333. The van der Waals surface area contributed by atoms with E-state index in [-0.39, 0.29) is 5.66 Å². The predicted molar refractivity (Wildman–Crippen MR) is 67.8 cm³/mol. The van der Waals surface area contributed by atoms with Crippen molar-refractivity contribution in [2.75, 3.05) is 5.32 Å². The van der Waals surface area contributed by atoms with Gasteiger partial charge in [-0.05, 0) is 43.9 Å². The van der Waals surface area contributed by atoms with E-state index < -0.39 is 0 Å². The number of nitrogens with one attached hydrogen (secondary N) is 1. The average Bonchev–Trinajstić information content (AvgIpc) is 2.18. The van der Waals surface area contributed by atoms with Crippen molar-refractivity contribution >= 4 is 21.6 Å². The highest BCUT2D eigenvalue weighted by Gasteiger charge is 2.26. The van der Waals surface area contributed by atoms with E-state index >= 15 is 0 Å². The standard InChI is InChI=1S/C12H17BrN2/c13-10-5-4-6-11(9-10)15-12(14)7-2-1-3-8-12/h4-6,9,15H,1-3,7-8,14H2. The molecule has 0 saturated heterocycles. The van der Waals surface area contributed by atoms with Crippen LogP contribution in [0, 0.1) is 0 Å². The molecule has 0 radical (unpaired) electrons. The van der Waals surface area contributed by atoms with E-state index in [0.717, 1.165) is 23.0 Å². The van der Waals surface area contributed by atoms with Gasteiger partial charge in [0.25, 0.3) is 0 Å². The largest absolute Gasteiger partial charge is 0.367 e. The number of halogens is 1. The highest BCUT2D eigenvalue weighted by atomic mass is 79.9. The van der Waals surface area contributed by atoms with Crippen LogP contribution in [-0.4, -0.2) is 5.66 Å². The number of hydrogen-bond acceptors (Lipinski definition) is 2. The minimum Gasteiger partial charge on any atom is -0.367 e. The van der Waals surface area contributed by atoms with Crippen LogP contribution < -0.4 is 11.1 Å². The normalized spacial score (nSPS) is 19.9. The Bertz CT molecular complexity index is 332. The van der Waals surface area contributed by atoms with Gasteiger partial charge in [0.2, 0.25) is 0 Å². The van der Waals surface area contributed by atoms with Gasteiger partial charge in [0.1, 0.15) is 0 Å². The third-order valence-electron chi connectivity index (χ3n) is 2.96. The van der Waals surface area contributed by atoms with Crippen LogP contribution in [0.2, 0.25) is 0 Å². The number of anilines is 1. The SMILES string of the molecule is NC1(Nc2cccc(Br)c2)CCCCC1. The summed E-state index contributed by atoms with van der Waals surface area (Å²) < 4.78 is 1.09. The summed E-state index contributed by atoms with van der Waals surface area (Å²) in [6.45, 7) is 0. The highest BCUT2D eigenvalue weighted by molar-refractivity contribution is 9.10. The molecule has 0 aliphatic heterocycles. The van der Waals surface area contributed by atoms with Crippen LogP contribution >= 0.6 is 15.9 Å². The summed E-state index contributed by atoms with van der Waals surface area (Å²) in [5.74, 6) is 0. The molecule has 0 heterocycles. The average molecular weight is 269 g/mol. The Morgan fingerprint density at radius 2 is 1.93 bits per heavy atom. The molecule has 1 aromatic rings. The van der Waals surface area contributed by atoms with Crippen LogP contribution in [0.15, 0.2) is 28.7 Å².